The van der Waals surface area contributed by atoms with Crippen LogP contribution in [-0.2, 0) is 6.42 Å². The van der Waals surface area contributed by atoms with E-state index in [0.717, 1.165) is 10.9 Å². The minimum Gasteiger partial charge on any atom is -0.0843 e. The van der Waals surface area contributed by atoms with Crippen molar-refractivity contribution in [2.75, 3.05) is 0 Å². The predicted molar refractivity (Wildman–Crippen MR) is 52.5 cm³/mol. The first-order valence-corrected chi connectivity index (χ1v) is 4.97. The first-order valence-electron chi connectivity index (χ1n) is 4.59. The van der Waals surface area contributed by atoms with E-state index in [1.165, 1.54) is 31.2 Å². The monoisotopic (exact) mass is 180 g/mol. The highest BCUT2D eigenvalue weighted by Crippen LogP contribution is 2.30. The van der Waals surface area contributed by atoms with Gasteiger partial charge >= 0.3 is 0 Å². The van der Waals surface area contributed by atoms with Crippen LogP contribution in [0.5, 0.6) is 0 Å². The summed E-state index contributed by atoms with van der Waals surface area (Å²) >= 11 is 5.89. The summed E-state index contributed by atoms with van der Waals surface area (Å²) in [6.45, 7) is 0. The van der Waals surface area contributed by atoms with Gasteiger partial charge in [0, 0.05) is 5.02 Å². The third-order valence-electron chi connectivity index (χ3n) is 2.64. The molecule has 1 heteroatoms. The first kappa shape index (κ1) is 8.12. The van der Waals surface area contributed by atoms with Gasteiger partial charge in [0.1, 0.15) is 0 Å². The molecule has 64 valence electrons. The van der Waals surface area contributed by atoms with Gasteiger partial charge in [-0.05, 0) is 30.0 Å². The topological polar surface area (TPSA) is 0 Å². The predicted octanol–water partition coefficient (Wildman–Crippen LogP) is 3.68. The Hall–Kier alpha value is -0.490. The average molecular weight is 181 g/mol. The summed E-state index contributed by atoms with van der Waals surface area (Å²) in [4.78, 5) is 0. The van der Waals surface area contributed by atoms with Gasteiger partial charge in [-0.3, -0.25) is 0 Å². The van der Waals surface area contributed by atoms with Crippen molar-refractivity contribution in [1.29, 1.82) is 0 Å². The van der Waals surface area contributed by atoms with Gasteiger partial charge in [0.05, 0.1) is 0 Å². The third kappa shape index (κ3) is 1.81. The lowest BCUT2D eigenvalue weighted by molar-refractivity contribution is 0.314. The Morgan fingerprint density at radius 3 is 2.75 bits per heavy atom. The van der Waals surface area contributed by atoms with Gasteiger partial charge in [0.2, 0.25) is 0 Å². The van der Waals surface area contributed by atoms with Crippen LogP contribution >= 0.6 is 11.6 Å². The van der Waals surface area contributed by atoms with E-state index < -0.39 is 0 Å². The molecule has 1 saturated carbocycles. The fourth-order valence-electron chi connectivity index (χ4n) is 1.69. The summed E-state index contributed by atoms with van der Waals surface area (Å²) < 4.78 is 0. The largest absolute Gasteiger partial charge is 0.0843 e. The van der Waals surface area contributed by atoms with E-state index in [0.29, 0.717) is 0 Å². The van der Waals surface area contributed by atoms with Crippen molar-refractivity contribution < 1.29 is 0 Å². The molecule has 1 aromatic rings. The molecule has 0 amide bonds. The Bertz CT molecular complexity index is 263. The Morgan fingerprint density at radius 2 is 2.17 bits per heavy atom. The highest BCUT2D eigenvalue weighted by Gasteiger charge is 2.17. The maximum absolute atomic E-state index is 5.89. The molecule has 0 N–H and O–H groups in total. The molecule has 0 aliphatic heterocycles. The van der Waals surface area contributed by atoms with Crippen molar-refractivity contribution in [2.24, 2.45) is 5.92 Å². The zero-order valence-electron chi connectivity index (χ0n) is 7.09. The quantitative estimate of drug-likeness (QED) is 0.652. The molecule has 12 heavy (non-hydrogen) atoms. The molecule has 1 aliphatic rings. The smallest absolute Gasteiger partial charge is 0.0408 e. The molecule has 1 aliphatic carbocycles. The second-order valence-electron chi connectivity index (χ2n) is 3.63. The summed E-state index contributed by atoms with van der Waals surface area (Å²) in [7, 11) is 0. The highest BCUT2D eigenvalue weighted by molar-refractivity contribution is 6.30. The summed E-state index contributed by atoms with van der Waals surface area (Å²) in [6.07, 6.45) is 5.46. The van der Waals surface area contributed by atoms with E-state index in [4.69, 9.17) is 11.6 Å². The molecule has 0 heterocycles. The summed E-state index contributed by atoms with van der Waals surface area (Å²) in [6, 6.07) is 8.23. The maximum Gasteiger partial charge on any atom is 0.0408 e. The second kappa shape index (κ2) is 3.49. The lowest BCUT2D eigenvalue weighted by Crippen LogP contribution is -2.13. The van der Waals surface area contributed by atoms with Gasteiger partial charge in [-0.1, -0.05) is 43.0 Å². The molecule has 1 aromatic carbocycles. The van der Waals surface area contributed by atoms with Crippen LogP contribution in [0.3, 0.4) is 0 Å². The molecule has 0 radical (unpaired) electrons. The van der Waals surface area contributed by atoms with E-state index in [-0.39, 0.29) is 0 Å². The lowest BCUT2D eigenvalue weighted by atomic mass is 9.81. The van der Waals surface area contributed by atoms with E-state index >= 15 is 0 Å². The van der Waals surface area contributed by atoms with Crippen molar-refractivity contribution in [3.63, 3.8) is 0 Å². The number of benzene rings is 1. The van der Waals surface area contributed by atoms with Crippen LogP contribution in [0.25, 0.3) is 0 Å². The Kier molecular flexibility index (Phi) is 2.36. The fraction of sp³-hybridized carbons (Fsp3) is 0.455. The zero-order valence-corrected chi connectivity index (χ0v) is 7.85. The molecule has 0 aromatic heterocycles. The summed E-state index contributed by atoms with van der Waals surface area (Å²) in [5, 5.41) is 0.867. The molecular weight excluding hydrogens is 168 g/mol. The fourth-order valence-corrected chi connectivity index (χ4v) is 1.91. The molecular formula is C11H13Cl. The van der Waals surface area contributed by atoms with Crippen LogP contribution in [0.2, 0.25) is 5.02 Å². The maximum atomic E-state index is 5.89. The molecule has 2 rings (SSSR count). The van der Waals surface area contributed by atoms with Crippen LogP contribution in [-0.4, -0.2) is 0 Å². The second-order valence-corrected chi connectivity index (χ2v) is 4.07. The standard InChI is InChI=1S/C11H13Cl/c12-11-6-2-5-10(8-11)7-9-3-1-4-9/h2,5-6,8-9H,1,3-4,7H2. The molecule has 0 unspecified atom stereocenters. The summed E-state index contributed by atoms with van der Waals surface area (Å²) in [5.41, 5.74) is 1.40. The summed E-state index contributed by atoms with van der Waals surface area (Å²) in [5.74, 6) is 0.934. The minimum absolute atomic E-state index is 0.867. The SMILES string of the molecule is Clc1cccc(CC2CCC2)c1. The van der Waals surface area contributed by atoms with Crippen molar-refractivity contribution in [2.45, 2.75) is 25.7 Å². The van der Waals surface area contributed by atoms with Crippen LogP contribution in [0.4, 0.5) is 0 Å². The number of halogens is 1. The van der Waals surface area contributed by atoms with Crippen LogP contribution in [0.15, 0.2) is 24.3 Å². The first-order chi connectivity index (χ1) is 5.84. The van der Waals surface area contributed by atoms with E-state index in [2.05, 4.69) is 12.1 Å². The van der Waals surface area contributed by atoms with E-state index in [1.54, 1.807) is 0 Å². The van der Waals surface area contributed by atoms with E-state index in [1.807, 2.05) is 12.1 Å². The van der Waals surface area contributed by atoms with E-state index in [9.17, 15) is 0 Å². The Labute approximate surface area is 78.6 Å². The number of hydrogen-bond donors (Lipinski definition) is 0. The zero-order chi connectivity index (χ0) is 8.39. The molecule has 0 spiro atoms. The molecule has 0 nitrogen and oxygen atoms in total. The highest BCUT2D eigenvalue weighted by atomic mass is 35.5. The van der Waals surface area contributed by atoms with Crippen molar-refractivity contribution in [3.8, 4) is 0 Å². The van der Waals surface area contributed by atoms with Crippen LogP contribution < -0.4 is 0 Å². The van der Waals surface area contributed by atoms with Crippen LogP contribution in [0, 0.1) is 5.92 Å². The van der Waals surface area contributed by atoms with Crippen molar-refractivity contribution in [1.82, 2.24) is 0 Å². The number of hydrogen-bond acceptors (Lipinski definition) is 0. The normalized spacial score (nSPS) is 17.4. The third-order valence-corrected chi connectivity index (χ3v) is 2.87. The molecule has 0 bridgehead atoms. The Balaban J connectivity index is 2.02. The lowest BCUT2D eigenvalue weighted by Gasteiger charge is -2.25. The molecule has 0 saturated heterocycles. The van der Waals surface area contributed by atoms with Crippen molar-refractivity contribution in [3.05, 3.63) is 34.9 Å². The van der Waals surface area contributed by atoms with Gasteiger partial charge in [-0.15, -0.1) is 0 Å². The number of rotatable bonds is 2. The van der Waals surface area contributed by atoms with Gasteiger partial charge in [-0.25, -0.2) is 0 Å². The minimum atomic E-state index is 0.867. The van der Waals surface area contributed by atoms with Crippen molar-refractivity contribution >= 4 is 11.6 Å². The molecule has 0 atom stereocenters. The van der Waals surface area contributed by atoms with Gasteiger partial charge < -0.3 is 0 Å². The van der Waals surface area contributed by atoms with Gasteiger partial charge in [0.15, 0.2) is 0 Å². The molecule has 1 fully saturated rings. The van der Waals surface area contributed by atoms with Crippen LogP contribution in [0.1, 0.15) is 24.8 Å². The Morgan fingerprint density at radius 1 is 1.33 bits per heavy atom. The average Bonchev–Trinajstić information content (AvgIpc) is 1.97. The van der Waals surface area contributed by atoms with Gasteiger partial charge in [0.25, 0.3) is 0 Å². The van der Waals surface area contributed by atoms with Gasteiger partial charge in [-0.2, -0.15) is 0 Å².